The van der Waals surface area contributed by atoms with E-state index in [2.05, 4.69) is 29.8 Å². The van der Waals surface area contributed by atoms with Gasteiger partial charge in [0.15, 0.2) is 0 Å². The Kier molecular flexibility index (Phi) is 6.01. The van der Waals surface area contributed by atoms with Gasteiger partial charge < -0.3 is 14.7 Å². The van der Waals surface area contributed by atoms with Crippen LogP contribution in [0.1, 0.15) is 45.1 Å². The molecule has 1 N–H and O–H groups in total. The monoisotopic (exact) mass is 361 g/mol. The fourth-order valence-corrected chi connectivity index (χ4v) is 4.02. The van der Waals surface area contributed by atoms with Gasteiger partial charge in [0.1, 0.15) is 0 Å². The Morgan fingerprint density at radius 2 is 1.88 bits per heavy atom. The van der Waals surface area contributed by atoms with Crippen molar-refractivity contribution in [2.45, 2.75) is 46.1 Å². The van der Waals surface area contributed by atoms with E-state index in [1.54, 1.807) is 11.1 Å². The van der Waals surface area contributed by atoms with Gasteiger partial charge >= 0.3 is 6.09 Å². The number of pyridine rings is 1. The van der Waals surface area contributed by atoms with Crippen molar-refractivity contribution in [3.63, 3.8) is 0 Å². The Balaban J connectivity index is 1.53. The summed E-state index contributed by atoms with van der Waals surface area (Å²) < 4.78 is 5.89. The first-order valence-electron chi connectivity index (χ1n) is 9.74. The van der Waals surface area contributed by atoms with Crippen LogP contribution in [0.3, 0.4) is 0 Å². The summed E-state index contributed by atoms with van der Waals surface area (Å²) in [7, 11) is 0. The smallest absolute Gasteiger partial charge is 0.407 e. The van der Waals surface area contributed by atoms with Crippen LogP contribution < -0.4 is 4.74 Å². The molecule has 0 radical (unpaired) electrons. The summed E-state index contributed by atoms with van der Waals surface area (Å²) in [5, 5.41) is 9.14. The number of piperidine rings is 2. The SMILES string of the molecule is CC(C)COc1ncccc1CN1CCC2(CC1)CCN(C(=O)O)CC2. The van der Waals surface area contributed by atoms with E-state index in [-0.39, 0.29) is 0 Å². The first-order valence-corrected chi connectivity index (χ1v) is 9.74. The van der Waals surface area contributed by atoms with Crippen LogP contribution in [-0.2, 0) is 6.54 Å². The van der Waals surface area contributed by atoms with Crippen LogP contribution in [0.5, 0.6) is 5.88 Å². The lowest BCUT2D eigenvalue weighted by molar-refractivity contribution is 0.0338. The highest BCUT2D eigenvalue weighted by Gasteiger charge is 2.38. The van der Waals surface area contributed by atoms with Gasteiger partial charge in [-0.05, 0) is 56.2 Å². The Morgan fingerprint density at radius 1 is 1.23 bits per heavy atom. The minimum atomic E-state index is -0.775. The molecule has 1 aromatic heterocycles. The van der Waals surface area contributed by atoms with Gasteiger partial charge in [-0.2, -0.15) is 0 Å². The second-order valence-corrected chi connectivity index (χ2v) is 8.22. The van der Waals surface area contributed by atoms with Crippen LogP contribution in [-0.4, -0.2) is 58.8 Å². The van der Waals surface area contributed by atoms with Gasteiger partial charge in [0.05, 0.1) is 6.61 Å². The Hall–Kier alpha value is -1.82. The zero-order valence-electron chi connectivity index (χ0n) is 16.0. The Labute approximate surface area is 156 Å². The number of hydrogen-bond donors (Lipinski definition) is 1. The van der Waals surface area contributed by atoms with Crippen molar-refractivity contribution in [3.05, 3.63) is 23.9 Å². The molecule has 0 aromatic carbocycles. The van der Waals surface area contributed by atoms with Crippen molar-refractivity contribution in [1.29, 1.82) is 0 Å². The largest absolute Gasteiger partial charge is 0.477 e. The van der Waals surface area contributed by atoms with Gasteiger partial charge in [0.25, 0.3) is 0 Å². The van der Waals surface area contributed by atoms with Crippen LogP contribution in [0, 0.1) is 11.3 Å². The number of rotatable bonds is 5. The molecule has 0 aliphatic carbocycles. The molecule has 2 aliphatic heterocycles. The number of likely N-dealkylation sites (tertiary alicyclic amines) is 2. The summed E-state index contributed by atoms with van der Waals surface area (Å²) >= 11 is 0. The molecule has 1 aromatic rings. The number of nitrogens with zero attached hydrogens (tertiary/aromatic N) is 3. The Morgan fingerprint density at radius 3 is 2.50 bits per heavy atom. The lowest BCUT2D eigenvalue weighted by Crippen LogP contribution is -2.47. The molecule has 0 saturated carbocycles. The molecule has 2 saturated heterocycles. The van der Waals surface area contributed by atoms with Gasteiger partial charge in [-0.25, -0.2) is 9.78 Å². The lowest BCUT2D eigenvalue weighted by atomic mass is 9.71. The van der Waals surface area contributed by atoms with E-state index in [9.17, 15) is 4.79 Å². The van der Waals surface area contributed by atoms with Crippen molar-refractivity contribution in [3.8, 4) is 5.88 Å². The molecule has 0 unspecified atom stereocenters. The number of carbonyl (C=O) groups is 1. The number of ether oxygens (including phenoxy) is 1. The molecule has 6 nitrogen and oxygen atoms in total. The van der Waals surface area contributed by atoms with Crippen LogP contribution >= 0.6 is 0 Å². The molecule has 3 rings (SSSR count). The maximum atomic E-state index is 11.1. The van der Waals surface area contributed by atoms with Gasteiger partial charge in [-0.3, -0.25) is 4.90 Å². The summed E-state index contributed by atoms with van der Waals surface area (Å²) in [6, 6.07) is 4.09. The van der Waals surface area contributed by atoms with Crippen molar-refractivity contribution < 1.29 is 14.6 Å². The van der Waals surface area contributed by atoms with Gasteiger partial charge in [0.2, 0.25) is 5.88 Å². The quantitative estimate of drug-likeness (QED) is 0.870. The molecule has 26 heavy (non-hydrogen) atoms. The molecule has 1 spiro atoms. The highest BCUT2D eigenvalue weighted by Crippen LogP contribution is 2.41. The fourth-order valence-electron chi connectivity index (χ4n) is 4.02. The molecule has 2 aliphatic rings. The number of amides is 1. The summed E-state index contributed by atoms with van der Waals surface area (Å²) in [6.07, 6.45) is 5.33. The van der Waals surface area contributed by atoms with Crippen molar-refractivity contribution in [1.82, 2.24) is 14.8 Å². The highest BCUT2D eigenvalue weighted by molar-refractivity contribution is 5.65. The third-order valence-corrected chi connectivity index (χ3v) is 5.81. The van der Waals surface area contributed by atoms with Crippen LogP contribution in [0.15, 0.2) is 18.3 Å². The number of hydrogen-bond acceptors (Lipinski definition) is 4. The second kappa shape index (κ2) is 8.25. The van der Waals surface area contributed by atoms with Crippen LogP contribution in [0.2, 0.25) is 0 Å². The van der Waals surface area contributed by atoms with Gasteiger partial charge in [0, 0.05) is 31.4 Å². The maximum absolute atomic E-state index is 11.1. The molecule has 6 heteroatoms. The summed E-state index contributed by atoms with van der Waals surface area (Å²) in [5.41, 5.74) is 1.50. The van der Waals surface area contributed by atoms with E-state index in [0.29, 0.717) is 31.0 Å². The normalized spacial score (nSPS) is 20.5. The molecule has 1 amide bonds. The van der Waals surface area contributed by atoms with E-state index in [4.69, 9.17) is 9.84 Å². The number of carboxylic acid groups (broad SMARTS) is 1. The third-order valence-electron chi connectivity index (χ3n) is 5.81. The van der Waals surface area contributed by atoms with Crippen molar-refractivity contribution in [2.24, 2.45) is 11.3 Å². The first kappa shape index (κ1) is 19.0. The summed E-state index contributed by atoms with van der Waals surface area (Å²) in [5.74, 6) is 1.24. The molecule has 144 valence electrons. The van der Waals surface area contributed by atoms with Crippen LogP contribution in [0.25, 0.3) is 0 Å². The molecular formula is C20H31N3O3. The summed E-state index contributed by atoms with van der Waals surface area (Å²) in [4.78, 5) is 19.6. The van der Waals surface area contributed by atoms with E-state index in [1.165, 1.54) is 0 Å². The second-order valence-electron chi connectivity index (χ2n) is 8.22. The fraction of sp³-hybridized carbons (Fsp3) is 0.700. The molecule has 2 fully saturated rings. The minimum Gasteiger partial charge on any atom is -0.477 e. The predicted octanol–water partition coefficient (Wildman–Crippen LogP) is 3.47. The zero-order chi connectivity index (χ0) is 18.6. The van der Waals surface area contributed by atoms with E-state index in [1.807, 2.05) is 6.07 Å². The Bertz CT molecular complexity index is 602. The molecule has 0 atom stereocenters. The molecular weight excluding hydrogens is 330 g/mol. The number of aromatic nitrogens is 1. The summed E-state index contributed by atoms with van der Waals surface area (Å²) in [6.45, 7) is 9.34. The standard InChI is InChI=1S/C20H31N3O3/c1-16(2)15-26-18-17(4-3-9-21-18)14-22-10-5-20(6-11-22)7-12-23(13-8-20)19(24)25/h3-4,9,16H,5-8,10-15H2,1-2H3,(H,24,25). The van der Waals surface area contributed by atoms with E-state index in [0.717, 1.165) is 56.8 Å². The average Bonchev–Trinajstić information content (AvgIpc) is 2.63. The van der Waals surface area contributed by atoms with Crippen molar-refractivity contribution in [2.75, 3.05) is 32.8 Å². The van der Waals surface area contributed by atoms with Gasteiger partial charge in [-0.1, -0.05) is 19.9 Å². The third kappa shape index (κ3) is 4.67. The minimum absolute atomic E-state index is 0.342. The molecule has 0 bridgehead atoms. The predicted molar refractivity (Wildman–Crippen MR) is 100 cm³/mol. The zero-order valence-corrected chi connectivity index (χ0v) is 16.0. The van der Waals surface area contributed by atoms with Crippen LogP contribution in [0.4, 0.5) is 4.79 Å². The van der Waals surface area contributed by atoms with Gasteiger partial charge in [-0.15, -0.1) is 0 Å². The topological polar surface area (TPSA) is 65.9 Å². The average molecular weight is 361 g/mol. The molecule has 3 heterocycles. The van der Waals surface area contributed by atoms with E-state index >= 15 is 0 Å². The lowest BCUT2D eigenvalue weighted by Gasteiger charge is -2.46. The van der Waals surface area contributed by atoms with E-state index < -0.39 is 6.09 Å². The van der Waals surface area contributed by atoms with Crippen molar-refractivity contribution >= 4 is 6.09 Å². The maximum Gasteiger partial charge on any atom is 0.407 e. The highest BCUT2D eigenvalue weighted by atomic mass is 16.5. The first-order chi connectivity index (χ1) is 12.5.